The van der Waals surface area contributed by atoms with Gasteiger partial charge in [0.15, 0.2) is 5.96 Å². The minimum absolute atomic E-state index is 0. The molecule has 1 fully saturated rings. The Morgan fingerprint density at radius 1 is 1.23 bits per heavy atom. The molecule has 0 spiro atoms. The molecule has 0 atom stereocenters. The second-order valence-electron chi connectivity index (χ2n) is 6.73. The first-order valence-corrected chi connectivity index (χ1v) is 9.01. The van der Waals surface area contributed by atoms with Crippen molar-refractivity contribution < 1.29 is 4.79 Å². The third-order valence-corrected chi connectivity index (χ3v) is 4.62. The Hall–Kier alpha value is -1.57. The number of hydrogen-bond acceptors (Lipinski definition) is 2. The summed E-state index contributed by atoms with van der Waals surface area (Å²) in [6.45, 7) is 4.50. The molecule has 0 saturated heterocycles. The fourth-order valence-corrected chi connectivity index (χ4v) is 3.10. The summed E-state index contributed by atoms with van der Waals surface area (Å²) in [4.78, 5) is 17.7. The van der Waals surface area contributed by atoms with Crippen LogP contribution in [0.2, 0.25) is 0 Å². The second-order valence-corrected chi connectivity index (χ2v) is 6.73. The number of carbonyl (C=O) groups excluding carboxylic acids is 1. The van der Waals surface area contributed by atoms with Gasteiger partial charge in [-0.25, -0.2) is 4.99 Å². The zero-order valence-electron chi connectivity index (χ0n) is 15.8. The molecule has 26 heavy (non-hydrogen) atoms. The van der Waals surface area contributed by atoms with Gasteiger partial charge in [-0.15, -0.1) is 30.6 Å². The number of nitrogens with one attached hydrogen (secondary N) is 2. The van der Waals surface area contributed by atoms with E-state index in [1.807, 2.05) is 0 Å². The van der Waals surface area contributed by atoms with Crippen LogP contribution in [0.1, 0.15) is 37.2 Å². The summed E-state index contributed by atoms with van der Waals surface area (Å²) < 4.78 is 0. The van der Waals surface area contributed by atoms with Gasteiger partial charge in [0, 0.05) is 26.7 Å². The number of rotatable bonds is 6. The molecule has 1 aliphatic carbocycles. The molecule has 0 aliphatic heterocycles. The van der Waals surface area contributed by atoms with Gasteiger partial charge in [0.2, 0.25) is 5.91 Å². The topological polar surface area (TPSA) is 56.7 Å². The zero-order chi connectivity index (χ0) is 18.1. The average molecular weight is 470 g/mol. The Balaban J connectivity index is 0.00000338. The second kappa shape index (κ2) is 11.9. The molecule has 1 aromatic rings. The number of carbonyl (C=O) groups is 1. The van der Waals surface area contributed by atoms with Crippen LogP contribution >= 0.6 is 24.0 Å². The molecule has 2 rings (SSSR count). The molecule has 144 valence electrons. The van der Waals surface area contributed by atoms with Gasteiger partial charge in [0.1, 0.15) is 6.54 Å². The first-order chi connectivity index (χ1) is 12.1. The van der Waals surface area contributed by atoms with E-state index < -0.39 is 0 Å². The van der Waals surface area contributed by atoms with Gasteiger partial charge >= 0.3 is 0 Å². The van der Waals surface area contributed by atoms with E-state index in [-0.39, 0.29) is 36.4 Å². The van der Waals surface area contributed by atoms with Crippen LogP contribution in [0.5, 0.6) is 0 Å². The summed E-state index contributed by atoms with van der Waals surface area (Å²) >= 11 is 0. The van der Waals surface area contributed by atoms with Crippen LogP contribution < -0.4 is 10.6 Å². The van der Waals surface area contributed by atoms with Crippen LogP contribution in [-0.2, 0) is 4.79 Å². The van der Waals surface area contributed by atoms with Gasteiger partial charge in [0.25, 0.3) is 0 Å². The number of hydrogen-bond donors (Lipinski definition) is 2. The van der Waals surface area contributed by atoms with Crippen LogP contribution in [0.25, 0.3) is 0 Å². The summed E-state index contributed by atoms with van der Waals surface area (Å²) in [7, 11) is 3.49. The van der Waals surface area contributed by atoms with E-state index in [0.717, 1.165) is 12.8 Å². The number of likely N-dealkylation sites (N-methyl/N-ethyl adjacent to an activating group) is 1. The van der Waals surface area contributed by atoms with Crippen molar-refractivity contribution in [2.45, 2.75) is 37.6 Å². The van der Waals surface area contributed by atoms with Gasteiger partial charge in [-0.3, -0.25) is 4.79 Å². The quantitative estimate of drug-likeness (QED) is 0.291. The molecule has 0 aromatic heterocycles. The van der Waals surface area contributed by atoms with Crippen LogP contribution in [-0.4, -0.2) is 50.0 Å². The molecule has 5 nitrogen and oxygen atoms in total. The highest BCUT2D eigenvalue weighted by Crippen LogP contribution is 2.32. The molecule has 0 radical (unpaired) electrons. The fourth-order valence-electron chi connectivity index (χ4n) is 3.10. The Bertz CT molecular complexity index is 581. The van der Waals surface area contributed by atoms with Crippen molar-refractivity contribution in [1.82, 2.24) is 15.5 Å². The highest BCUT2D eigenvalue weighted by Gasteiger charge is 2.22. The van der Waals surface area contributed by atoms with Gasteiger partial charge in [-0.05, 0) is 37.2 Å². The average Bonchev–Trinajstić information content (AvgIpc) is 2.64. The first-order valence-electron chi connectivity index (χ1n) is 9.01. The molecule has 1 saturated carbocycles. The first kappa shape index (κ1) is 22.5. The fraction of sp³-hybridized carbons (Fsp3) is 0.500. The largest absolute Gasteiger partial charge is 0.354 e. The maximum atomic E-state index is 11.8. The number of guanidine groups is 1. The number of halogens is 1. The molecule has 1 amide bonds. The minimum Gasteiger partial charge on any atom is -0.354 e. The van der Waals surface area contributed by atoms with E-state index in [1.54, 1.807) is 25.1 Å². The van der Waals surface area contributed by atoms with Crippen molar-refractivity contribution in [3.63, 3.8) is 0 Å². The van der Waals surface area contributed by atoms with E-state index in [4.69, 9.17) is 0 Å². The third-order valence-electron chi connectivity index (χ3n) is 4.62. The molecule has 1 aromatic carbocycles. The standard InChI is InChI=1S/C20H30N4O.HI/c1-4-14-21-20(22-15-19(25)24(2)3)23-18-12-10-17(11-13-18)16-8-6-5-7-9-16;/h4-9,17-18H,1,10-15H2,2-3H3,(H2,21,22,23);1H. The van der Waals surface area contributed by atoms with Crippen LogP contribution in [0.4, 0.5) is 0 Å². The monoisotopic (exact) mass is 470 g/mol. The summed E-state index contributed by atoms with van der Waals surface area (Å²) in [6, 6.07) is 11.1. The highest BCUT2D eigenvalue weighted by atomic mass is 127. The highest BCUT2D eigenvalue weighted by molar-refractivity contribution is 14.0. The van der Waals surface area contributed by atoms with Crippen molar-refractivity contribution in [1.29, 1.82) is 0 Å². The maximum Gasteiger partial charge on any atom is 0.243 e. The van der Waals surface area contributed by atoms with Crippen LogP contribution in [0.15, 0.2) is 48.0 Å². The Kier molecular flexibility index (Phi) is 10.3. The Morgan fingerprint density at radius 3 is 2.46 bits per heavy atom. The smallest absolute Gasteiger partial charge is 0.243 e. The Labute approximate surface area is 174 Å². The molecule has 0 bridgehead atoms. The normalized spacial score (nSPS) is 19.8. The number of benzene rings is 1. The van der Waals surface area contributed by atoms with Gasteiger partial charge < -0.3 is 15.5 Å². The minimum atomic E-state index is -0.00695. The van der Waals surface area contributed by atoms with Crippen LogP contribution in [0.3, 0.4) is 0 Å². The van der Waals surface area contributed by atoms with E-state index in [2.05, 4.69) is 52.5 Å². The van der Waals surface area contributed by atoms with Crippen molar-refractivity contribution in [3.05, 3.63) is 48.6 Å². The third kappa shape index (κ3) is 7.35. The lowest BCUT2D eigenvalue weighted by Crippen LogP contribution is -2.45. The van der Waals surface area contributed by atoms with Crippen LogP contribution in [0, 0.1) is 0 Å². The SMILES string of the molecule is C=CCNC(=NCC(=O)N(C)C)NC1CCC(c2ccccc2)CC1.I. The predicted octanol–water partition coefficient (Wildman–Crippen LogP) is 3.14. The van der Waals surface area contributed by atoms with E-state index >= 15 is 0 Å². The van der Waals surface area contributed by atoms with Crippen molar-refractivity contribution in [2.75, 3.05) is 27.2 Å². The molecule has 0 unspecified atom stereocenters. The summed E-state index contributed by atoms with van der Waals surface area (Å²) in [5.41, 5.74) is 1.44. The van der Waals surface area contributed by atoms with Gasteiger partial charge in [0.05, 0.1) is 0 Å². The lowest BCUT2D eigenvalue weighted by Gasteiger charge is -2.30. The van der Waals surface area contributed by atoms with E-state index in [9.17, 15) is 4.79 Å². The lowest BCUT2D eigenvalue weighted by molar-refractivity contribution is -0.127. The number of nitrogens with zero attached hydrogens (tertiary/aromatic N) is 2. The zero-order valence-corrected chi connectivity index (χ0v) is 18.1. The van der Waals surface area contributed by atoms with Crippen molar-refractivity contribution in [2.24, 2.45) is 4.99 Å². The van der Waals surface area contributed by atoms with Gasteiger partial charge in [-0.2, -0.15) is 0 Å². The molecule has 1 aliphatic rings. The summed E-state index contributed by atoms with van der Waals surface area (Å²) in [5, 5.41) is 6.68. The predicted molar refractivity (Wildman–Crippen MR) is 119 cm³/mol. The molecule has 0 heterocycles. The Morgan fingerprint density at radius 2 is 1.88 bits per heavy atom. The van der Waals surface area contributed by atoms with Crippen molar-refractivity contribution >= 4 is 35.8 Å². The summed E-state index contributed by atoms with van der Waals surface area (Å²) in [5.74, 6) is 1.34. The van der Waals surface area contributed by atoms with Crippen molar-refractivity contribution in [3.8, 4) is 0 Å². The lowest BCUT2D eigenvalue weighted by atomic mass is 9.82. The van der Waals surface area contributed by atoms with Gasteiger partial charge in [-0.1, -0.05) is 36.4 Å². The molecular weight excluding hydrogens is 439 g/mol. The summed E-state index contributed by atoms with van der Waals surface area (Å²) in [6.07, 6.45) is 6.35. The molecule has 2 N–H and O–H groups in total. The van der Waals surface area contributed by atoms with E-state index in [0.29, 0.717) is 24.5 Å². The van der Waals surface area contributed by atoms with E-state index in [1.165, 1.54) is 18.4 Å². The molecular formula is C20H31IN4O. The number of aliphatic imine (C=N–C) groups is 1. The molecule has 6 heteroatoms. The number of amides is 1. The maximum absolute atomic E-state index is 11.8.